The number of benzene rings is 1. The van der Waals surface area contributed by atoms with E-state index < -0.39 is 21.8 Å². The summed E-state index contributed by atoms with van der Waals surface area (Å²) in [5.41, 5.74) is 1.06. The first-order chi connectivity index (χ1) is 14.1. The Morgan fingerprint density at radius 2 is 1.80 bits per heavy atom. The molecule has 0 saturated carbocycles. The second-order valence-corrected chi connectivity index (χ2v) is 9.53. The SMILES string of the molecule is CC(NC(=O)c1cc(Cl)cc(S(C)(=O)=O)c1)c1nccnc1-c1ncn(C(C)C)n1. The van der Waals surface area contributed by atoms with Crippen molar-refractivity contribution in [2.45, 2.75) is 37.8 Å². The molecular formula is C19H21ClN6O3S. The molecule has 0 aliphatic rings. The normalized spacial score (nSPS) is 12.7. The third kappa shape index (κ3) is 4.82. The molecule has 2 heterocycles. The fourth-order valence-corrected chi connectivity index (χ4v) is 3.71. The second-order valence-electron chi connectivity index (χ2n) is 7.08. The van der Waals surface area contributed by atoms with Crippen LogP contribution in [0.5, 0.6) is 0 Å². The first-order valence-corrected chi connectivity index (χ1v) is 11.4. The van der Waals surface area contributed by atoms with E-state index in [1.165, 1.54) is 30.6 Å². The fourth-order valence-electron chi connectivity index (χ4n) is 2.73. The number of hydrogen-bond acceptors (Lipinski definition) is 7. The second kappa shape index (κ2) is 8.49. The van der Waals surface area contributed by atoms with E-state index in [9.17, 15) is 13.2 Å². The van der Waals surface area contributed by atoms with Gasteiger partial charge in [-0.3, -0.25) is 9.78 Å². The topological polar surface area (TPSA) is 120 Å². The van der Waals surface area contributed by atoms with Gasteiger partial charge in [-0.1, -0.05) is 11.6 Å². The van der Waals surface area contributed by atoms with E-state index in [0.717, 1.165) is 6.26 Å². The Hall–Kier alpha value is -2.85. The van der Waals surface area contributed by atoms with Crippen LogP contribution in [-0.4, -0.2) is 45.3 Å². The van der Waals surface area contributed by atoms with Crippen molar-refractivity contribution in [1.29, 1.82) is 0 Å². The van der Waals surface area contributed by atoms with Crippen LogP contribution in [0.3, 0.4) is 0 Å². The van der Waals surface area contributed by atoms with Gasteiger partial charge in [0.05, 0.1) is 16.6 Å². The predicted octanol–water partition coefficient (Wildman–Crippen LogP) is 2.86. The number of carbonyl (C=O) groups excluding carboxylic acids is 1. The van der Waals surface area contributed by atoms with Crippen LogP contribution in [0.15, 0.2) is 41.8 Å². The van der Waals surface area contributed by atoms with Gasteiger partial charge in [-0.25, -0.2) is 23.1 Å². The van der Waals surface area contributed by atoms with Crippen molar-refractivity contribution in [2.75, 3.05) is 6.26 Å². The molecule has 158 valence electrons. The highest BCUT2D eigenvalue weighted by Crippen LogP contribution is 2.23. The van der Waals surface area contributed by atoms with Crippen molar-refractivity contribution in [3.05, 3.63) is 53.2 Å². The standard InChI is InChI=1S/C19H21ClN6O3S/c1-11(2)26-10-23-18(25-26)17-16(21-5-6-22-17)12(3)24-19(27)13-7-14(20)9-15(8-13)30(4,28)29/h5-12H,1-4H3,(H,24,27). The van der Waals surface area contributed by atoms with Gasteiger partial charge in [0, 0.05) is 35.3 Å². The first kappa shape index (κ1) is 21.8. The van der Waals surface area contributed by atoms with Gasteiger partial charge in [0.1, 0.15) is 12.0 Å². The molecule has 1 atom stereocenters. The fraction of sp³-hybridized carbons (Fsp3) is 0.316. The lowest BCUT2D eigenvalue weighted by molar-refractivity contribution is 0.0939. The summed E-state index contributed by atoms with van der Waals surface area (Å²) in [6.45, 7) is 5.70. The number of amides is 1. The number of carbonyl (C=O) groups is 1. The van der Waals surface area contributed by atoms with Gasteiger partial charge >= 0.3 is 0 Å². The summed E-state index contributed by atoms with van der Waals surface area (Å²) in [5, 5.41) is 7.37. The summed E-state index contributed by atoms with van der Waals surface area (Å²) < 4.78 is 25.4. The molecule has 11 heteroatoms. The summed E-state index contributed by atoms with van der Waals surface area (Å²) in [7, 11) is -3.52. The molecule has 0 radical (unpaired) electrons. The zero-order chi connectivity index (χ0) is 22.1. The molecule has 3 rings (SSSR count). The highest BCUT2D eigenvalue weighted by molar-refractivity contribution is 7.90. The molecule has 0 spiro atoms. The van der Waals surface area contributed by atoms with Crippen LogP contribution >= 0.6 is 11.6 Å². The summed E-state index contributed by atoms with van der Waals surface area (Å²) in [4.78, 5) is 25.7. The molecule has 1 amide bonds. The van der Waals surface area contributed by atoms with E-state index in [1.807, 2.05) is 13.8 Å². The molecule has 3 aromatic rings. The Morgan fingerprint density at radius 3 is 2.43 bits per heavy atom. The van der Waals surface area contributed by atoms with Crippen molar-refractivity contribution in [1.82, 2.24) is 30.0 Å². The van der Waals surface area contributed by atoms with Crippen LogP contribution in [0, 0.1) is 0 Å². The van der Waals surface area contributed by atoms with Crippen molar-refractivity contribution >= 4 is 27.3 Å². The maximum atomic E-state index is 12.8. The van der Waals surface area contributed by atoms with Crippen molar-refractivity contribution in [2.24, 2.45) is 0 Å². The lowest BCUT2D eigenvalue weighted by Gasteiger charge is -2.15. The van der Waals surface area contributed by atoms with Gasteiger partial charge in [-0.2, -0.15) is 0 Å². The Labute approximate surface area is 179 Å². The minimum Gasteiger partial charge on any atom is -0.344 e. The zero-order valence-corrected chi connectivity index (χ0v) is 18.4. The monoisotopic (exact) mass is 448 g/mol. The Kier molecular flexibility index (Phi) is 6.18. The van der Waals surface area contributed by atoms with E-state index in [-0.39, 0.29) is 21.5 Å². The number of nitrogens with one attached hydrogen (secondary N) is 1. The molecule has 1 aromatic carbocycles. The molecule has 9 nitrogen and oxygen atoms in total. The number of rotatable bonds is 6. The number of aromatic nitrogens is 5. The number of nitrogens with zero attached hydrogens (tertiary/aromatic N) is 5. The molecule has 2 aromatic heterocycles. The summed E-state index contributed by atoms with van der Waals surface area (Å²) in [6.07, 6.45) is 5.71. The van der Waals surface area contributed by atoms with Gasteiger partial charge in [-0.15, -0.1) is 5.10 Å². The van der Waals surface area contributed by atoms with Gasteiger partial charge in [0.15, 0.2) is 9.84 Å². The minimum absolute atomic E-state index is 0.0311. The highest BCUT2D eigenvalue weighted by atomic mass is 35.5. The van der Waals surface area contributed by atoms with Crippen molar-refractivity contribution in [3.63, 3.8) is 0 Å². The summed E-state index contributed by atoms with van der Waals surface area (Å²) >= 11 is 6.00. The van der Waals surface area contributed by atoms with Crippen molar-refractivity contribution in [3.8, 4) is 11.5 Å². The molecule has 0 fully saturated rings. The number of halogens is 1. The van der Waals surface area contributed by atoms with E-state index in [2.05, 4.69) is 25.4 Å². The first-order valence-electron chi connectivity index (χ1n) is 9.10. The lowest BCUT2D eigenvalue weighted by Crippen LogP contribution is -2.28. The minimum atomic E-state index is -3.52. The lowest BCUT2D eigenvalue weighted by atomic mass is 10.1. The van der Waals surface area contributed by atoms with Gasteiger partial charge in [0.25, 0.3) is 5.91 Å². The van der Waals surface area contributed by atoms with Crippen LogP contribution in [-0.2, 0) is 9.84 Å². The maximum Gasteiger partial charge on any atom is 0.251 e. The largest absolute Gasteiger partial charge is 0.344 e. The molecule has 0 aliphatic carbocycles. The number of hydrogen-bond donors (Lipinski definition) is 1. The quantitative estimate of drug-likeness (QED) is 0.615. The van der Waals surface area contributed by atoms with Crippen molar-refractivity contribution < 1.29 is 13.2 Å². The van der Waals surface area contributed by atoms with Gasteiger partial charge < -0.3 is 5.32 Å². The predicted molar refractivity (Wildman–Crippen MR) is 112 cm³/mol. The van der Waals surface area contributed by atoms with E-state index in [0.29, 0.717) is 17.2 Å². The van der Waals surface area contributed by atoms with Crippen LogP contribution in [0.25, 0.3) is 11.5 Å². The third-order valence-electron chi connectivity index (χ3n) is 4.30. The molecule has 1 N–H and O–H groups in total. The van der Waals surface area contributed by atoms with E-state index in [4.69, 9.17) is 11.6 Å². The van der Waals surface area contributed by atoms with Crippen LogP contribution in [0.1, 0.15) is 48.9 Å². The van der Waals surface area contributed by atoms with Crippen LogP contribution in [0.4, 0.5) is 0 Å². The highest BCUT2D eigenvalue weighted by Gasteiger charge is 2.21. The average Bonchev–Trinajstić information content (AvgIpc) is 3.17. The third-order valence-corrected chi connectivity index (χ3v) is 5.61. The Balaban J connectivity index is 1.89. The Bertz CT molecular complexity index is 1190. The molecule has 0 aliphatic heterocycles. The smallest absolute Gasteiger partial charge is 0.251 e. The molecule has 30 heavy (non-hydrogen) atoms. The van der Waals surface area contributed by atoms with E-state index >= 15 is 0 Å². The van der Waals surface area contributed by atoms with Crippen LogP contribution in [0.2, 0.25) is 5.02 Å². The van der Waals surface area contributed by atoms with Gasteiger partial charge in [-0.05, 0) is 39.0 Å². The molecule has 0 saturated heterocycles. The summed E-state index contributed by atoms with van der Waals surface area (Å²) in [5.74, 6) is -0.0952. The Morgan fingerprint density at radius 1 is 1.10 bits per heavy atom. The molecule has 1 unspecified atom stereocenters. The van der Waals surface area contributed by atoms with E-state index in [1.54, 1.807) is 17.9 Å². The summed E-state index contributed by atoms with van der Waals surface area (Å²) in [6, 6.07) is 3.58. The zero-order valence-electron chi connectivity index (χ0n) is 16.9. The van der Waals surface area contributed by atoms with Crippen LogP contribution < -0.4 is 5.32 Å². The number of sulfone groups is 1. The molecular weight excluding hydrogens is 428 g/mol. The molecule has 0 bridgehead atoms. The average molecular weight is 449 g/mol. The van der Waals surface area contributed by atoms with Gasteiger partial charge in [0.2, 0.25) is 5.82 Å². The maximum absolute atomic E-state index is 12.8.